The first-order valence-electron chi connectivity index (χ1n) is 6.10. The third kappa shape index (κ3) is 2.66. The highest BCUT2D eigenvalue weighted by Crippen LogP contribution is 2.31. The third-order valence-corrected chi connectivity index (χ3v) is 5.26. The van der Waals surface area contributed by atoms with E-state index in [9.17, 15) is 0 Å². The molecule has 1 aliphatic carbocycles. The lowest BCUT2D eigenvalue weighted by molar-refractivity contribution is 0.371. The molecule has 0 aromatic heterocycles. The lowest BCUT2D eigenvalue weighted by Crippen LogP contribution is -2.34. The molecule has 1 nitrogen and oxygen atoms in total. The zero-order chi connectivity index (χ0) is 9.97. The minimum atomic E-state index is 0.808. The van der Waals surface area contributed by atoms with E-state index in [0.717, 1.165) is 23.1 Å². The number of thioether (sulfide) groups is 1. The molecule has 0 bridgehead atoms. The highest BCUT2D eigenvalue weighted by Gasteiger charge is 2.26. The zero-order valence-electron chi connectivity index (χ0n) is 9.46. The fraction of sp³-hybridized carbons (Fsp3) is 1.00. The summed E-state index contributed by atoms with van der Waals surface area (Å²) in [7, 11) is 0. The lowest BCUT2D eigenvalue weighted by atomic mass is 9.98. The van der Waals surface area contributed by atoms with Crippen molar-refractivity contribution in [1.82, 2.24) is 5.32 Å². The van der Waals surface area contributed by atoms with E-state index < -0.39 is 0 Å². The highest BCUT2D eigenvalue weighted by atomic mass is 32.2. The quantitative estimate of drug-likeness (QED) is 0.773. The Morgan fingerprint density at radius 3 is 2.71 bits per heavy atom. The molecule has 1 aliphatic heterocycles. The standard InChI is InChI=1S/C12H23NS/c1-9-4-3-5-11(9)7-13-12-6-10(2)14-8-12/h9-13H,3-8H2,1-2H3. The molecule has 4 atom stereocenters. The minimum absolute atomic E-state index is 0.808. The van der Waals surface area contributed by atoms with Gasteiger partial charge >= 0.3 is 0 Å². The van der Waals surface area contributed by atoms with Crippen molar-refractivity contribution in [3.05, 3.63) is 0 Å². The normalized spacial score (nSPS) is 43.3. The van der Waals surface area contributed by atoms with Gasteiger partial charge in [0.25, 0.3) is 0 Å². The van der Waals surface area contributed by atoms with Crippen molar-refractivity contribution in [3.63, 3.8) is 0 Å². The summed E-state index contributed by atoms with van der Waals surface area (Å²) in [6, 6.07) is 0.808. The van der Waals surface area contributed by atoms with Gasteiger partial charge in [-0.25, -0.2) is 0 Å². The molecule has 2 aliphatic rings. The zero-order valence-corrected chi connectivity index (χ0v) is 10.3. The fourth-order valence-electron chi connectivity index (χ4n) is 2.80. The molecule has 4 unspecified atom stereocenters. The van der Waals surface area contributed by atoms with Crippen LogP contribution in [0.1, 0.15) is 39.5 Å². The predicted molar refractivity (Wildman–Crippen MR) is 64.8 cm³/mol. The van der Waals surface area contributed by atoms with Crippen LogP contribution >= 0.6 is 11.8 Å². The first-order chi connectivity index (χ1) is 6.75. The Bertz CT molecular complexity index is 183. The van der Waals surface area contributed by atoms with Crippen LogP contribution in [0, 0.1) is 11.8 Å². The van der Waals surface area contributed by atoms with Gasteiger partial charge in [-0.3, -0.25) is 0 Å². The van der Waals surface area contributed by atoms with Gasteiger partial charge in [-0.2, -0.15) is 11.8 Å². The van der Waals surface area contributed by atoms with Gasteiger partial charge < -0.3 is 5.32 Å². The monoisotopic (exact) mass is 213 g/mol. The number of hydrogen-bond donors (Lipinski definition) is 1. The Morgan fingerprint density at radius 2 is 2.14 bits per heavy atom. The summed E-state index contributed by atoms with van der Waals surface area (Å²) < 4.78 is 0. The van der Waals surface area contributed by atoms with Crippen molar-refractivity contribution in [3.8, 4) is 0 Å². The van der Waals surface area contributed by atoms with Gasteiger partial charge in [-0.15, -0.1) is 0 Å². The number of rotatable bonds is 3. The molecule has 0 spiro atoms. The average molecular weight is 213 g/mol. The second-order valence-corrected chi connectivity index (χ2v) is 6.62. The van der Waals surface area contributed by atoms with E-state index in [2.05, 4.69) is 30.9 Å². The van der Waals surface area contributed by atoms with Gasteiger partial charge in [-0.05, 0) is 31.2 Å². The first-order valence-corrected chi connectivity index (χ1v) is 7.15. The Kier molecular flexibility index (Phi) is 3.78. The average Bonchev–Trinajstić information content (AvgIpc) is 2.72. The molecule has 1 saturated carbocycles. The molecule has 0 radical (unpaired) electrons. The molecule has 1 heterocycles. The highest BCUT2D eigenvalue weighted by molar-refractivity contribution is 8.00. The van der Waals surface area contributed by atoms with E-state index in [1.165, 1.54) is 38.0 Å². The molecule has 1 saturated heterocycles. The van der Waals surface area contributed by atoms with Gasteiger partial charge in [0.2, 0.25) is 0 Å². The second kappa shape index (κ2) is 4.89. The maximum atomic E-state index is 3.76. The molecule has 0 aromatic carbocycles. The van der Waals surface area contributed by atoms with Crippen LogP contribution in [0.15, 0.2) is 0 Å². The van der Waals surface area contributed by atoms with Crippen molar-refractivity contribution in [1.29, 1.82) is 0 Å². The summed E-state index contributed by atoms with van der Waals surface area (Å²) >= 11 is 2.13. The lowest BCUT2D eigenvalue weighted by Gasteiger charge is -2.19. The van der Waals surface area contributed by atoms with Crippen LogP contribution in [0.25, 0.3) is 0 Å². The molecule has 2 rings (SSSR count). The molecular weight excluding hydrogens is 190 g/mol. The fourth-order valence-corrected chi connectivity index (χ4v) is 3.99. The van der Waals surface area contributed by atoms with Crippen LogP contribution in [0.2, 0.25) is 0 Å². The van der Waals surface area contributed by atoms with Crippen molar-refractivity contribution < 1.29 is 0 Å². The van der Waals surface area contributed by atoms with E-state index in [1.54, 1.807) is 0 Å². The predicted octanol–water partition coefficient (Wildman–Crippen LogP) is 2.91. The molecule has 0 aromatic rings. The van der Waals surface area contributed by atoms with Crippen LogP contribution in [0.3, 0.4) is 0 Å². The summed E-state index contributed by atoms with van der Waals surface area (Å²) in [6.07, 6.45) is 5.76. The van der Waals surface area contributed by atoms with Gasteiger partial charge in [0.05, 0.1) is 0 Å². The second-order valence-electron chi connectivity index (χ2n) is 5.15. The summed E-state index contributed by atoms with van der Waals surface area (Å²) in [6.45, 7) is 6.05. The van der Waals surface area contributed by atoms with Crippen LogP contribution in [-0.4, -0.2) is 23.6 Å². The van der Waals surface area contributed by atoms with Crippen LogP contribution in [0.5, 0.6) is 0 Å². The molecule has 2 heteroatoms. The number of hydrogen-bond acceptors (Lipinski definition) is 2. The van der Waals surface area contributed by atoms with E-state index in [0.29, 0.717) is 0 Å². The maximum Gasteiger partial charge on any atom is 0.0168 e. The first kappa shape index (κ1) is 10.8. The van der Waals surface area contributed by atoms with Gasteiger partial charge in [0.1, 0.15) is 0 Å². The summed E-state index contributed by atoms with van der Waals surface area (Å²) in [5.41, 5.74) is 0. The van der Waals surface area contributed by atoms with Crippen molar-refractivity contribution in [2.24, 2.45) is 11.8 Å². The third-order valence-electron chi connectivity index (χ3n) is 3.91. The Morgan fingerprint density at radius 1 is 1.29 bits per heavy atom. The Hall–Kier alpha value is 0.310. The largest absolute Gasteiger partial charge is 0.313 e. The van der Waals surface area contributed by atoms with Gasteiger partial charge in [0.15, 0.2) is 0 Å². The Labute approximate surface area is 92.4 Å². The molecular formula is C12H23NS. The molecule has 1 N–H and O–H groups in total. The molecule has 82 valence electrons. The smallest absolute Gasteiger partial charge is 0.0168 e. The summed E-state index contributed by atoms with van der Waals surface area (Å²) in [5, 5.41) is 4.65. The topological polar surface area (TPSA) is 12.0 Å². The van der Waals surface area contributed by atoms with E-state index in [4.69, 9.17) is 0 Å². The van der Waals surface area contributed by atoms with Gasteiger partial charge in [-0.1, -0.05) is 26.7 Å². The minimum Gasteiger partial charge on any atom is -0.313 e. The summed E-state index contributed by atoms with van der Waals surface area (Å²) in [5.74, 6) is 3.27. The number of nitrogens with one attached hydrogen (secondary N) is 1. The van der Waals surface area contributed by atoms with E-state index in [-0.39, 0.29) is 0 Å². The van der Waals surface area contributed by atoms with E-state index in [1.807, 2.05) is 0 Å². The Balaban J connectivity index is 1.67. The molecule has 2 fully saturated rings. The van der Waals surface area contributed by atoms with Crippen molar-refractivity contribution in [2.75, 3.05) is 12.3 Å². The van der Waals surface area contributed by atoms with Crippen LogP contribution in [-0.2, 0) is 0 Å². The SMILES string of the molecule is CC1CC(NCC2CCCC2C)CS1. The molecule has 0 amide bonds. The van der Waals surface area contributed by atoms with E-state index >= 15 is 0 Å². The van der Waals surface area contributed by atoms with Crippen LogP contribution < -0.4 is 5.32 Å². The summed E-state index contributed by atoms with van der Waals surface area (Å²) in [4.78, 5) is 0. The van der Waals surface area contributed by atoms with Crippen molar-refractivity contribution in [2.45, 2.75) is 50.8 Å². The van der Waals surface area contributed by atoms with Gasteiger partial charge in [0, 0.05) is 17.0 Å². The molecule has 14 heavy (non-hydrogen) atoms. The van der Waals surface area contributed by atoms with Crippen molar-refractivity contribution >= 4 is 11.8 Å². The van der Waals surface area contributed by atoms with Crippen LogP contribution in [0.4, 0.5) is 0 Å². The maximum absolute atomic E-state index is 3.76.